The van der Waals surface area contributed by atoms with E-state index in [1.54, 1.807) is 14.0 Å². The van der Waals surface area contributed by atoms with Crippen molar-refractivity contribution in [2.24, 2.45) is 7.05 Å². The third-order valence-electron chi connectivity index (χ3n) is 3.01. The van der Waals surface area contributed by atoms with Gasteiger partial charge in [-0.3, -0.25) is 4.79 Å². The lowest BCUT2D eigenvalue weighted by molar-refractivity contribution is 0.0646. The van der Waals surface area contributed by atoms with Crippen LogP contribution in [0.5, 0.6) is 0 Å². The molecule has 0 spiro atoms. The van der Waals surface area contributed by atoms with Gasteiger partial charge < -0.3 is 20.1 Å². The van der Waals surface area contributed by atoms with Gasteiger partial charge in [-0.1, -0.05) is 30.1 Å². The molecule has 0 radical (unpaired) electrons. The van der Waals surface area contributed by atoms with Crippen molar-refractivity contribution >= 4 is 29.1 Å². The van der Waals surface area contributed by atoms with Crippen molar-refractivity contribution in [3.8, 4) is 0 Å². The number of nitrogens with one attached hydrogen (secondary N) is 1. The highest BCUT2D eigenvalue weighted by Gasteiger charge is 2.30. The smallest absolute Gasteiger partial charge is 0.268 e. The quantitative estimate of drug-likeness (QED) is 0.764. The number of carbonyl (C=O) groups excluding carboxylic acids is 1. The summed E-state index contributed by atoms with van der Waals surface area (Å²) in [6.45, 7) is 1.06. The zero-order valence-corrected chi connectivity index (χ0v) is 11.7. The fraction of sp³-hybridized carbons (Fsp3) is 0.545. The normalized spacial score (nSPS) is 11.7. The first kappa shape index (κ1) is 15.3. The van der Waals surface area contributed by atoms with Gasteiger partial charge in [0, 0.05) is 7.05 Å². The van der Waals surface area contributed by atoms with Crippen LogP contribution < -0.4 is 5.32 Å². The van der Waals surface area contributed by atoms with E-state index in [-0.39, 0.29) is 29.1 Å². The zero-order valence-electron chi connectivity index (χ0n) is 10.2. The van der Waals surface area contributed by atoms with Crippen LogP contribution in [0, 0.1) is 0 Å². The average molecular weight is 295 g/mol. The Morgan fingerprint density at radius 2 is 2.00 bits per heavy atom. The van der Waals surface area contributed by atoms with Crippen LogP contribution >= 0.6 is 23.2 Å². The monoisotopic (exact) mass is 294 g/mol. The second-order valence-corrected chi connectivity index (χ2v) is 4.90. The van der Waals surface area contributed by atoms with Gasteiger partial charge in [-0.15, -0.1) is 0 Å². The van der Waals surface area contributed by atoms with Gasteiger partial charge in [-0.05, 0) is 12.5 Å². The third kappa shape index (κ3) is 2.80. The number of aromatic nitrogens is 1. The van der Waals surface area contributed by atoms with Crippen LogP contribution in [0.4, 0.5) is 0 Å². The number of nitrogens with zero attached hydrogens (tertiary/aromatic N) is 1. The summed E-state index contributed by atoms with van der Waals surface area (Å²) in [5.74, 6) is -0.448. The summed E-state index contributed by atoms with van der Waals surface area (Å²) >= 11 is 11.7. The Morgan fingerprint density at radius 1 is 1.44 bits per heavy atom. The maximum absolute atomic E-state index is 12.1. The van der Waals surface area contributed by atoms with Crippen LogP contribution in [0.1, 0.15) is 23.8 Å². The summed E-state index contributed by atoms with van der Waals surface area (Å²) < 4.78 is 1.44. The van der Waals surface area contributed by atoms with Gasteiger partial charge in [-0.2, -0.15) is 0 Å². The minimum absolute atomic E-state index is 0.261. The molecule has 0 unspecified atom stereocenters. The molecule has 0 bridgehead atoms. The molecule has 0 aromatic carbocycles. The topological polar surface area (TPSA) is 74.5 Å². The second kappa shape index (κ2) is 5.93. The molecule has 0 saturated heterocycles. The van der Waals surface area contributed by atoms with E-state index in [2.05, 4.69) is 5.32 Å². The third-order valence-corrected chi connectivity index (χ3v) is 3.85. The molecule has 0 aliphatic carbocycles. The van der Waals surface area contributed by atoms with Crippen LogP contribution in [-0.4, -0.2) is 39.4 Å². The number of carbonyl (C=O) groups is 1. The number of halogens is 2. The Labute approximate surface area is 115 Å². The van der Waals surface area contributed by atoms with Crippen LogP contribution in [0.25, 0.3) is 0 Å². The molecule has 7 heteroatoms. The largest absolute Gasteiger partial charge is 0.394 e. The van der Waals surface area contributed by atoms with E-state index < -0.39 is 11.4 Å². The summed E-state index contributed by atoms with van der Waals surface area (Å²) in [5.41, 5.74) is -0.773. The first-order chi connectivity index (χ1) is 8.40. The summed E-state index contributed by atoms with van der Waals surface area (Å²) in [4.78, 5) is 12.1. The molecule has 1 amide bonds. The van der Waals surface area contributed by atoms with E-state index in [9.17, 15) is 15.0 Å². The van der Waals surface area contributed by atoms with Gasteiger partial charge in [0.15, 0.2) is 0 Å². The fourth-order valence-corrected chi connectivity index (χ4v) is 1.88. The van der Waals surface area contributed by atoms with Crippen LogP contribution in [0.2, 0.25) is 10.2 Å². The maximum Gasteiger partial charge on any atom is 0.268 e. The molecule has 1 heterocycles. The molecular weight excluding hydrogens is 279 g/mol. The molecule has 1 rings (SSSR count). The SMILES string of the molecule is CCC(CO)(CO)NC(=O)c1cc(Cl)c(Cl)n1C. The molecule has 0 saturated carbocycles. The minimum Gasteiger partial charge on any atom is -0.394 e. The predicted octanol–water partition coefficient (Wildman–Crippen LogP) is 1.20. The van der Waals surface area contributed by atoms with Crippen molar-refractivity contribution in [1.82, 2.24) is 9.88 Å². The number of hydrogen-bond donors (Lipinski definition) is 3. The lowest BCUT2D eigenvalue weighted by atomic mass is 9.98. The Morgan fingerprint density at radius 3 is 2.33 bits per heavy atom. The number of amides is 1. The molecule has 5 nitrogen and oxygen atoms in total. The highest BCUT2D eigenvalue weighted by atomic mass is 35.5. The van der Waals surface area contributed by atoms with E-state index in [1.807, 2.05) is 0 Å². The van der Waals surface area contributed by atoms with Gasteiger partial charge in [0.1, 0.15) is 10.8 Å². The van der Waals surface area contributed by atoms with E-state index in [0.717, 1.165) is 0 Å². The molecule has 0 atom stereocenters. The lowest BCUT2D eigenvalue weighted by Gasteiger charge is -2.29. The van der Waals surface area contributed by atoms with Gasteiger partial charge >= 0.3 is 0 Å². The molecule has 0 aliphatic rings. The zero-order chi connectivity index (χ0) is 13.9. The lowest BCUT2D eigenvalue weighted by Crippen LogP contribution is -2.54. The molecule has 0 aliphatic heterocycles. The van der Waals surface area contributed by atoms with Crippen molar-refractivity contribution < 1.29 is 15.0 Å². The Balaban J connectivity index is 2.98. The molecular formula is C11H16Cl2N2O3. The van der Waals surface area contributed by atoms with Crippen molar-refractivity contribution in [3.05, 3.63) is 21.9 Å². The first-order valence-corrected chi connectivity index (χ1v) is 6.21. The average Bonchev–Trinajstić information content (AvgIpc) is 2.64. The fourth-order valence-electron chi connectivity index (χ4n) is 1.51. The van der Waals surface area contributed by atoms with Gasteiger partial charge in [-0.25, -0.2) is 0 Å². The number of aliphatic hydroxyl groups is 2. The molecule has 18 heavy (non-hydrogen) atoms. The highest BCUT2D eigenvalue weighted by Crippen LogP contribution is 2.25. The van der Waals surface area contributed by atoms with E-state index in [4.69, 9.17) is 23.2 Å². The number of hydrogen-bond acceptors (Lipinski definition) is 3. The van der Waals surface area contributed by atoms with Crippen molar-refractivity contribution in [3.63, 3.8) is 0 Å². The van der Waals surface area contributed by atoms with Gasteiger partial charge in [0.05, 0.1) is 23.8 Å². The summed E-state index contributed by atoms with van der Waals surface area (Å²) in [6.07, 6.45) is 0.400. The number of rotatable bonds is 5. The van der Waals surface area contributed by atoms with Gasteiger partial charge in [0.25, 0.3) is 5.91 Å². The predicted molar refractivity (Wildman–Crippen MR) is 70.1 cm³/mol. The van der Waals surface area contributed by atoms with E-state index in [0.29, 0.717) is 6.42 Å². The Kier molecular flexibility index (Phi) is 5.04. The standard InChI is InChI=1S/C11H16Cl2N2O3/c1-3-11(5-16,6-17)14-10(18)8-4-7(12)9(13)15(8)2/h4,16-17H,3,5-6H2,1-2H3,(H,14,18). The van der Waals surface area contributed by atoms with E-state index >= 15 is 0 Å². The van der Waals surface area contributed by atoms with Crippen molar-refractivity contribution in [1.29, 1.82) is 0 Å². The van der Waals surface area contributed by atoms with E-state index in [1.165, 1.54) is 10.6 Å². The Hall–Kier alpha value is -0.750. The van der Waals surface area contributed by atoms with Crippen LogP contribution in [0.3, 0.4) is 0 Å². The molecule has 3 N–H and O–H groups in total. The maximum atomic E-state index is 12.1. The molecule has 0 fully saturated rings. The van der Waals surface area contributed by atoms with Crippen LogP contribution in [0.15, 0.2) is 6.07 Å². The summed E-state index contributed by atoms with van der Waals surface area (Å²) in [5, 5.41) is 21.7. The first-order valence-electron chi connectivity index (χ1n) is 5.45. The minimum atomic E-state index is -1.04. The number of aliphatic hydroxyl groups excluding tert-OH is 2. The van der Waals surface area contributed by atoms with Crippen molar-refractivity contribution in [2.75, 3.05) is 13.2 Å². The summed E-state index contributed by atoms with van der Waals surface area (Å²) in [6, 6.07) is 1.44. The summed E-state index contributed by atoms with van der Waals surface area (Å²) in [7, 11) is 1.61. The Bertz CT molecular complexity index is 433. The van der Waals surface area contributed by atoms with Crippen LogP contribution in [-0.2, 0) is 7.05 Å². The van der Waals surface area contributed by atoms with Crippen molar-refractivity contribution in [2.45, 2.75) is 18.9 Å². The highest BCUT2D eigenvalue weighted by molar-refractivity contribution is 6.41. The van der Waals surface area contributed by atoms with Gasteiger partial charge in [0.2, 0.25) is 0 Å². The molecule has 102 valence electrons. The molecule has 1 aromatic heterocycles. The second-order valence-electron chi connectivity index (χ2n) is 4.13. The molecule has 1 aromatic rings.